The van der Waals surface area contributed by atoms with Crippen LogP contribution in [0.15, 0.2) is 41.2 Å². The van der Waals surface area contributed by atoms with Gasteiger partial charge in [0, 0.05) is 24.1 Å². The predicted octanol–water partition coefficient (Wildman–Crippen LogP) is 0.940. The van der Waals surface area contributed by atoms with Gasteiger partial charge in [0.2, 0.25) is 5.91 Å². The lowest BCUT2D eigenvalue weighted by molar-refractivity contribution is -0.143. The number of terminal acetylenes is 1. The van der Waals surface area contributed by atoms with Crippen molar-refractivity contribution in [3.05, 3.63) is 69.3 Å². The zero-order chi connectivity index (χ0) is 34.2. The average Bonchev–Trinajstić information content (AvgIpc) is 3.44. The number of anilines is 1. The van der Waals surface area contributed by atoms with E-state index in [1.807, 2.05) is 11.0 Å². The molecule has 0 radical (unpaired) electrons. The number of hydrogen-bond acceptors (Lipinski definition) is 9. The molecule has 0 saturated heterocycles. The molecule has 0 saturated carbocycles. The fraction of sp³-hybridized carbons (Fsp3) is 0.344. The van der Waals surface area contributed by atoms with Crippen molar-refractivity contribution in [1.29, 1.82) is 0 Å². The molecule has 0 bridgehead atoms. The molecular weight excluding hydrogens is 614 g/mol. The second-order valence-corrected chi connectivity index (χ2v) is 11.0. The van der Waals surface area contributed by atoms with E-state index in [0.717, 1.165) is 11.1 Å². The normalized spacial score (nSPS) is 14.8. The van der Waals surface area contributed by atoms with Gasteiger partial charge in [-0.25, -0.2) is 9.78 Å². The second-order valence-electron chi connectivity index (χ2n) is 11.0. The summed E-state index contributed by atoms with van der Waals surface area (Å²) in [5.41, 5.74) is 2.78. The fourth-order valence-corrected chi connectivity index (χ4v) is 5.53. The Labute approximate surface area is 267 Å². The van der Waals surface area contributed by atoms with Gasteiger partial charge in [0.25, 0.3) is 11.5 Å². The summed E-state index contributed by atoms with van der Waals surface area (Å²) < 4.78 is 0. The minimum atomic E-state index is -1.56. The maximum absolute atomic E-state index is 13.1. The van der Waals surface area contributed by atoms with Gasteiger partial charge in [0.05, 0.1) is 23.5 Å². The van der Waals surface area contributed by atoms with Crippen LogP contribution in [0, 0.1) is 12.3 Å². The zero-order valence-corrected chi connectivity index (χ0v) is 25.1. The van der Waals surface area contributed by atoms with Crippen molar-refractivity contribution in [2.75, 3.05) is 11.4 Å². The van der Waals surface area contributed by atoms with Gasteiger partial charge in [-0.05, 0) is 73.2 Å². The summed E-state index contributed by atoms with van der Waals surface area (Å²) in [6, 6.07) is 6.74. The third-order valence-corrected chi connectivity index (χ3v) is 7.84. The average molecular weight is 648 g/mol. The first-order valence-corrected chi connectivity index (χ1v) is 14.7. The fourth-order valence-electron chi connectivity index (χ4n) is 5.53. The lowest BCUT2D eigenvalue weighted by atomic mass is 10.0. The molecule has 3 atom stereocenters. The Morgan fingerprint density at radius 3 is 2.26 bits per heavy atom. The van der Waals surface area contributed by atoms with E-state index in [2.05, 4.69) is 26.5 Å². The van der Waals surface area contributed by atoms with E-state index in [9.17, 15) is 39.0 Å². The highest BCUT2D eigenvalue weighted by atomic mass is 16.4. The number of aliphatic hydroxyl groups is 1. The minimum absolute atomic E-state index is 0.123. The number of amides is 2. The van der Waals surface area contributed by atoms with Gasteiger partial charge >= 0.3 is 17.9 Å². The van der Waals surface area contributed by atoms with Crippen LogP contribution in [0.3, 0.4) is 0 Å². The van der Waals surface area contributed by atoms with E-state index < -0.39 is 67.7 Å². The van der Waals surface area contributed by atoms with Gasteiger partial charge in [0.15, 0.2) is 0 Å². The van der Waals surface area contributed by atoms with Gasteiger partial charge in [0.1, 0.15) is 24.5 Å². The van der Waals surface area contributed by atoms with Crippen LogP contribution in [0.1, 0.15) is 65.5 Å². The van der Waals surface area contributed by atoms with Crippen molar-refractivity contribution >= 4 is 46.3 Å². The number of carbonyl (C=O) groups is 5. The number of carbonyl (C=O) groups excluding carboxylic acids is 2. The van der Waals surface area contributed by atoms with Crippen LogP contribution in [0.2, 0.25) is 0 Å². The molecule has 0 spiro atoms. The van der Waals surface area contributed by atoms with E-state index in [1.54, 1.807) is 18.2 Å². The van der Waals surface area contributed by atoms with Gasteiger partial charge in [-0.1, -0.05) is 5.92 Å². The SMILES string of the molecule is C#CCN(c1ccc(C(=O)N[C@H](CCC(=O)O)C(=O)N[C@H](CCC(=O)O)C(=O)O)cc1)[C@H]1CCc2cc3nc(CO)[nH]c(=O)c3cc21. The molecule has 2 amide bonds. The van der Waals surface area contributed by atoms with E-state index in [4.69, 9.17) is 16.6 Å². The third kappa shape index (κ3) is 8.30. The largest absolute Gasteiger partial charge is 0.481 e. The molecule has 1 aromatic heterocycles. The van der Waals surface area contributed by atoms with Crippen LogP contribution in [0.25, 0.3) is 10.9 Å². The Morgan fingerprint density at radius 2 is 1.66 bits per heavy atom. The number of aliphatic carboxylic acids is 3. The minimum Gasteiger partial charge on any atom is -0.481 e. The lowest BCUT2D eigenvalue weighted by Gasteiger charge is -2.30. The van der Waals surface area contributed by atoms with Gasteiger partial charge in [-0.3, -0.25) is 24.0 Å². The number of hydrogen-bond donors (Lipinski definition) is 7. The molecule has 1 heterocycles. The highest BCUT2D eigenvalue weighted by Crippen LogP contribution is 2.39. The number of rotatable bonds is 15. The smallest absolute Gasteiger partial charge is 0.326 e. The van der Waals surface area contributed by atoms with Gasteiger partial charge in [-0.15, -0.1) is 6.42 Å². The summed E-state index contributed by atoms with van der Waals surface area (Å²) in [6.45, 7) is -0.194. The quantitative estimate of drug-likeness (QED) is 0.114. The highest BCUT2D eigenvalue weighted by molar-refractivity contribution is 5.98. The van der Waals surface area contributed by atoms with Gasteiger partial charge in [-0.2, -0.15) is 0 Å². The van der Waals surface area contributed by atoms with E-state index in [-0.39, 0.29) is 36.0 Å². The molecule has 15 heteroatoms. The van der Waals surface area contributed by atoms with Crippen molar-refractivity contribution in [2.24, 2.45) is 0 Å². The first-order chi connectivity index (χ1) is 22.4. The number of aryl methyl sites for hydroxylation is 1. The van der Waals surface area contributed by atoms with Crippen LogP contribution < -0.4 is 21.1 Å². The van der Waals surface area contributed by atoms with E-state index in [0.29, 0.717) is 29.4 Å². The molecule has 0 unspecified atom stereocenters. The number of fused-ring (bicyclic) bond motifs is 2. The summed E-state index contributed by atoms with van der Waals surface area (Å²) >= 11 is 0. The predicted molar refractivity (Wildman–Crippen MR) is 167 cm³/mol. The van der Waals surface area contributed by atoms with Crippen LogP contribution >= 0.6 is 0 Å². The molecule has 246 valence electrons. The van der Waals surface area contributed by atoms with Crippen molar-refractivity contribution in [3.63, 3.8) is 0 Å². The number of carboxylic acid groups (broad SMARTS) is 3. The van der Waals surface area contributed by atoms with Crippen LogP contribution in [-0.2, 0) is 32.2 Å². The number of aliphatic hydroxyl groups excluding tert-OH is 1. The zero-order valence-electron chi connectivity index (χ0n) is 25.1. The number of aromatic nitrogens is 2. The molecule has 47 heavy (non-hydrogen) atoms. The first-order valence-electron chi connectivity index (χ1n) is 14.7. The van der Waals surface area contributed by atoms with Crippen molar-refractivity contribution < 1.29 is 44.4 Å². The Balaban J connectivity index is 1.53. The summed E-state index contributed by atoms with van der Waals surface area (Å²) in [7, 11) is 0. The van der Waals surface area contributed by atoms with Crippen LogP contribution in [0.4, 0.5) is 5.69 Å². The van der Waals surface area contributed by atoms with Crippen molar-refractivity contribution in [3.8, 4) is 12.3 Å². The molecule has 0 aliphatic heterocycles. The van der Waals surface area contributed by atoms with Crippen molar-refractivity contribution in [2.45, 2.75) is 63.3 Å². The molecule has 3 aromatic rings. The summed E-state index contributed by atoms with van der Waals surface area (Å²) in [6.07, 6.45) is 5.29. The van der Waals surface area contributed by atoms with Crippen LogP contribution in [-0.4, -0.2) is 78.7 Å². The monoisotopic (exact) mass is 647 g/mol. The summed E-state index contributed by atoms with van der Waals surface area (Å²) in [5, 5.41) is 41.8. The Morgan fingerprint density at radius 1 is 1.00 bits per heavy atom. The second kappa shape index (κ2) is 15.0. The number of aromatic amines is 1. The highest BCUT2D eigenvalue weighted by Gasteiger charge is 2.30. The van der Waals surface area contributed by atoms with E-state index >= 15 is 0 Å². The van der Waals surface area contributed by atoms with Crippen LogP contribution in [0.5, 0.6) is 0 Å². The molecule has 4 rings (SSSR count). The summed E-state index contributed by atoms with van der Waals surface area (Å²) in [4.78, 5) is 81.1. The molecular formula is C32H33N5O10. The number of nitrogens with one attached hydrogen (secondary N) is 3. The molecule has 7 N–H and O–H groups in total. The molecule has 0 fully saturated rings. The summed E-state index contributed by atoms with van der Waals surface area (Å²) in [5.74, 6) is -2.86. The number of carboxylic acids is 3. The Kier molecular flexibility index (Phi) is 10.9. The van der Waals surface area contributed by atoms with E-state index in [1.165, 1.54) is 12.1 Å². The molecule has 1 aliphatic rings. The lowest BCUT2D eigenvalue weighted by Crippen LogP contribution is -2.51. The first kappa shape index (κ1) is 34.1. The Hall–Kier alpha value is -5.75. The maximum atomic E-state index is 13.1. The third-order valence-electron chi connectivity index (χ3n) is 7.84. The number of nitrogens with zero attached hydrogens (tertiary/aromatic N) is 2. The number of benzene rings is 2. The number of H-pyrrole nitrogens is 1. The molecule has 2 aromatic carbocycles. The molecule has 1 aliphatic carbocycles. The maximum Gasteiger partial charge on any atom is 0.326 e. The Bertz CT molecular complexity index is 1800. The van der Waals surface area contributed by atoms with Crippen molar-refractivity contribution in [1.82, 2.24) is 20.6 Å². The topological polar surface area (TPSA) is 239 Å². The molecule has 15 nitrogen and oxygen atoms in total. The van der Waals surface area contributed by atoms with Gasteiger partial charge < -0.3 is 40.9 Å². The standard InChI is InChI=1S/C32H33N5O10/c1-2-13-37(25-10-5-18-14-24-21(15-20(18)25)30(44)36-26(16-38)33-24)19-6-3-17(4-7-19)29(43)34-22(8-11-27(39)40)31(45)35-23(32(46)47)9-12-28(41)42/h1,3-4,6-7,14-15,22-23,25,38H,5,8-13,16H2,(H,34,43)(H,35,45)(H,39,40)(H,41,42)(H,46,47)(H,33,36,44)/t22-,23-,25+/m1/s1.